The van der Waals surface area contributed by atoms with Crippen LogP contribution in [-0.4, -0.2) is 10.2 Å². The van der Waals surface area contributed by atoms with Crippen molar-refractivity contribution in [2.75, 3.05) is 0 Å². The van der Waals surface area contributed by atoms with Crippen LogP contribution >= 0.6 is 22.9 Å². The van der Waals surface area contributed by atoms with Crippen molar-refractivity contribution in [1.82, 2.24) is 10.2 Å². The van der Waals surface area contributed by atoms with Gasteiger partial charge in [-0.1, -0.05) is 41.7 Å². The van der Waals surface area contributed by atoms with Crippen LogP contribution in [0, 0.1) is 0 Å². The summed E-state index contributed by atoms with van der Waals surface area (Å²) >= 11 is 7.23. The van der Waals surface area contributed by atoms with Gasteiger partial charge in [-0.25, -0.2) is 0 Å². The second-order valence-corrected chi connectivity index (χ2v) is 5.41. The molecule has 4 heteroatoms. The highest BCUT2D eigenvalue weighted by Gasteiger charge is 2.27. The van der Waals surface area contributed by atoms with Gasteiger partial charge >= 0.3 is 0 Å². The molecule has 0 aliphatic heterocycles. The summed E-state index contributed by atoms with van der Waals surface area (Å²) in [5, 5.41) is 8.89. The molecule has 2 aromatic rings. The minimum atomic E-state index is -0.133. The predicted molar refractivity (Wildman–Crippen MR) is 63.5 cm³/mol. The summed E-state index contributed by atoms with van der Waals surface area (Å²) in [6, 6.07) is 10.2. The van der Waals surface area contributed by atoms with Gasteiger partial charge in [-0.2, -0.15) is 0 Å². The van der Waals surface area contributed by atoms with Crippen LogP contribution in [0.1, 0.15) is 24.4 Å². The van der Waals surface area contributed by atoms with Gasteiger partial charge in [0.15, 0.2) is 0 Å². The van der Waals surface area contributed by atoms with Crippen molar-refractivity contribution in [3.63, 3.8) is 0 Å². The van der Waals surface area contributed by atoms with Crippen molar-refractivity contribution in [2.45, 2.75) is 19.3 Å². The van der Waals surface area contributed by atoms with Crippen molar-refractivity contribution in [1.29, 1.82) is 0 Å². The molecule has 0 aliphatic carbocycles. The molecule has 15 heavy (non-hydrogen) atoms. The van der Waals surface area contributed by atoms with E-state index in [1.54, 1.807) is 0 Å². The van der Waals surface area contributed by atoms with Crippen molar-refractivity contribution < 1.29 is 0 Å². The number of benzene rings is 1. The molecule has 0 amide bonds. The maximum Gasteiger partial charge on any atom is 0.207 e. The highest BCUT2D eigenvalue weighted by atomic mass is 35.5. The van der Waals surface area contributed by atoms with Crippen LogP contribution in [0.15, 0.2) is 30.3 Å². The van der Waals surface area contributed by atoms with Gasteiger partial charge in [0.25, 0.3) is 0 Å². The minimum Gasteiger partial charge on any atom is -0.141 e. The van der Waals surface area contributed by atoms with E-state index in [4.69, 9.17) is 11.6 Å². The minimum absolute atomic E-state index is 0.133. The van der Waals surface area contributed by atoms with Crippen LogP contribution in [0.3, 0.4) is 0 Å². The molecule has 0 aliphatic rings. The lowest BCUT2D eigenvalue weighted by atomic mass is 9.85. The van der Waals surface area contributed by atoms with E-state index in [1.807, 2.05) is 18.2 Å². The van der Waals surface area contributed by atoms with E-state index in [0.717, 1.165) is 5.01 Å². The van der Waals surface area contributed by atoms with Crippen LogP contribution < -0.4 is 0 Å². The molecule has 1 heterocycles. The zero-order chi connectivity index (χ0) is 10.9. The second kappa shape index (κ2) is 3.91. The van der Waals surface area contributed by atoms with Crippen LogP contribution in [-0.2, 0) is 5.41 Å². The fraction of sp³-hybridized carbons (Fsp3) is 0.273. The molecular weight excluding hydrogens is 228 g/mol. The molecular formula is C11H11ClN2S. The van der Waals surface area contributed by atoms with Gasteiger partial charge in [-0.15, -0.1) is 10.2 Å². The van der Waals surface area contributed by atoms with E-state index in [9.17, 15) is 0 Å². The van der Waals surface area contributed by atoms with Gasteiger partial charge in [0.05, 0.1) is 0 Å². The molecule has 0 bridgehead atoms. The standard InChI is InChI=1S/C11H11ClN2S/c1-11(2,8-6-4-3-5-7-8)9-13-14-10(12)15-9/h3-7H,1-2H3. The molecule has 2 rings (SSSR count). The maximum absolute atomic E-state index is 5.80. The molecule has 1 aromatic heterocycles. The highest BCUT2D eigenvalue weighted by Crippen LogP contribution is 2.34. The summed E-state index contributed by atoms with van der Waals surface area (Å²) in [6.45, 7) is 4.25. The highest BCUT2D eigenvalue weighted by molar-refractivity contribution is 7.15. The summed E-state index contributed by atoms with van der Waals surface area (Å²) in [5.41, 5.74) is 1.09. The summed E-state index contributed by atoms with van der Waals surface area (Å²) in [5.74, 6) is 0. The topological polar surface area (TPSA) is 25.8 Å². The fourth-order valence-electron chi connectivity index (χ4n) is 1.44. The Kier molecular flexibility index (Phi) is 2.76. The SMILES string of the molecule is CC(C)(c1ccccc1)c1nnc(Cl)s1. The average Bonchev–Trinajstić information content (AvgIpc) is 2.67. The zero-order valence-electron chi connectivity index (χ0n) is 8.57. The van der Waals surface area contributed by atoms with Crippen LogP contribution in [0.4, 0.5) is 0 Å². The van der Waals surface area contributed by atoms with Gasteiger partial charge in [-0.3, -0.25) is 0 Å². The molecule has 0 unspecified atom stereocenters. The Morgan fingerprint density at radius 2 is 1.80 bits per heavy atom. The van der Waals surface area contributed by atoms with E-state index < -0.39 is 0 Å². The van der Waals surface area contributed by atoms with Crippen molar-refractivity contribution in [2.24, 2.45) is 0 Å². The quantitative estimate of drug-likeness (QED) is 0.800. The number of hydrogen-bond donors (Lipinski definition) is 0. The number of hydrogen-bond acceptors (Lipinski definition) is 3. The lowest BCUT2D eigenvalue weighted by Gasteiger charge is -2.21. The van der Waals surface area contributed by atoms with Crippen LogP contribution in [0.2, 0.25) is 4.47 Å². The first-order valence-electron chi connectivity index (χ1n) is 4.66. The van der Waals surface area contributed by atoms with Gasteiger partial charge in [0.1, 0.15) is 5.01 Å². The number of nitrogens with zero attached hydrogens (tertiary/aromatic N) is 2. The molecule has 0 N–H and O–H groups in total. The molecule has 0 saturated carbocycles. The monoisotopic (exact) mass is 238 g/mol. The number of aromatic nitrogens is 2. The van der Waals surface area contributed by atoms with Crippen molar-refractivity contribution >= 4 is 22.9 Å². The first-order valence-corrected chi connectivity index (χ1v) is 5.85. The first-order chi connectivity index (χ1) is 7.10. The summed E-state index contributed by atoms with van der Waals surface area (Å²) in [4.78, 5) is 0. The van der Waals surface area contributed by atoms with Crippen molar-refractivity contribution in [3.8, 4) is 0 Å². The Bertz CT molecular complexity index is 451. The molecule has 0 atom stereocenters. The predicted octanol–water partition coefficient (Wildman–Crippen LogP) is 3.52. The third kappa shape index (κ3) is 2.03. The molecule has 0 saturated heterocycles. The Labute approximate surface area is 97.9 Å². The van der Waals surface area contributed by atoms with Crippen molar-refractivity contribution in [3.05, 3.63) is 45.4 Å². The summed E-state index contributed by atoms with van der Waals surface area (Å²) in [7, 11) is 0. The Hall–Kier alpha value is -0.930. The van der Waals surface area contributed by atoms with Gasteiger partial charge in [0.2, 0.25) is 4.47 Å². The molecule has 2 nitrogen and oxygen atoms in total. The molecule has 0 fully saturated rings. The summed E-state index contributed by atoms with van der Waals surface area (Å²) < 4.78 is 0.494. The number of rotatable bonds is 2. The zero-order valence-corrected chi connectivity index (χ0v) is 10.1. The Morgan fingerprint density at radius 3 is 2.33 bits per heavy atom. The maximum atomic E-state index is 5.80. The van der Waals surface area contributed by atoms with Gasteiger partial charge in [0, 0.05) is 5.41 Å². The number of halogens is 1. The van der Waals surface area contributed by atoms with Crippen LogP contribution in [0.5, 0.6) is 0 Å². The third-order valence-electron chi connectivity index (χ3n) is 2.43. The Morgan fingerprint density at radius 1 is 1.13 bits per heavy atom. The lowest BCUT2D eigenvalue weighted by Crippen LogP contribution is -2.18. The van der Waals surface area contributed by atoms with Gasteiger partial charge < -0.3 is 0 Å². The van der Waals surface area contributed by atoms with E-state index in [2.05, 4.69) is 36.2 Å². The smallest absolute Gasteiger partial charge is 0.141 e. The van der Waals surface area contributed by atoms with E-state index >= 15 is 0 Å². The average molecular weight is 239 g/mol. The summed E-state index contributed by atoms with van der Waals surface area (Å²) in [6.07, 6.45) is 0. The second-order valence-electron chi connectivity index (χ2n) is 3.85. The molecule has 0 spiro atoms. The first kappa shape index (κ1) is 10.6. The van der Waals surface area contributed by atoms with E-state index in [0.29, 0.717) is 4.47 Å². The normalized spacial score (nSPS) is 11.7. The fourth-order valence-corrected chi connectivity index (χ4v) is 2.39. The largest absolute Gasteiger partial charge is 0.207 e. The van der Waals surface area contributed by atoms with E-state index in [-0.39, 0.29) is 5.41 Å². The Balaban J connectivity index is 2.43. The van der Waals surface area contributed by atoms with E-state index in [1.165, 1.54) is 16.9 Å². The van der Waals surface area contributed by atoms with Gasteiger partial charge in [-0.05, 0) is 31.0 Å². The third-order valence-corrected chi connectivity index (χ3v) is 3.77. The van der Waals surface area contributed by atoms with Crippen LogP contribution in [0.25, 0.3) is 0 Å². The molecule has 1 aromatic carbocycles. The molecule has 78 valence electrons. The lowest BCUT2D eigenvalue weighted by molar-refractivity contribution is 0.626. The molecule has 0 radical (unpaired) electrons.